The fourth-order valence-electron chi connectivity index (χ4n) is 2.32. The molecule has 1 aromatic rings. The van der Waals surface area contributed by atoms with Crippen LogP contribution < -0.4 is 5.11 Å². The van der Waals surface area contributed by atoms with Crippen LogP contribution in [-0.4, -0.2) is 25.7 Å². The van der Waals surface area contributed by atoms with Crippen LogP contribution in [0.5, 0.6) is 0 Å². The largest absolute Gasteiger partial charge is 0.0620 e. The molecule has 3 heteroatoms. The predicted molar refractivity (Wildman–Crippen MR) is 121 cm³/mol. The van der Waals surface area contributed by atoms with E-state index in [-0.39, 0.29) is 5.57 Å². The minimum absolute atomic E-state index is 0.0648. The monoisotopic (exact) mass is 482 g/mol. The molecular weight excluding hydrogens is 439 g/mol. The number of hydrogen-bond donors (Lipinski definition) is 0. The Morgan fingerprint density at radius 2 is 1.19 bits per heavy atom. The summed E-state index contributed by atoms with van der Waals surface area (Å²) in [6.45, 7) is 15.7. The van der Waals surface area contributed by atoms with Crippen molar-refractivity contribution in [3.8, 4) is 0 Å². The zero-order valence-corrected chi connectivity index (χ0v) is 21.6. The van der Waals surface area contributed by atoms with E-state index >= 15 is 0 Å². The predicted octanol–water partition coefficient (Wildman–Crippen LogP) is 6.50. The Kier molecular flexibility index (Phi) is 21.0. The minimum atomic E-state index is -1.19. The van der Waals surface area contributed by atoms with E-state index in [4.69, 9.17) is 0 Å². The maximum atomic E-state index is 9.49. The van der Waals surface area contributed by atoms with E-state index in [0.717, 1.165) is 0 Å². The molecule has 0 fully saturated rings. The fraction of sp³-hybridized carbons (Fsp3) is 0.625. The Morgan fingerprint density at radius 3 is 1.37 bits per heavy atom. The van der Waals surface area contributed by atoms with Crippen molar-refractivity contribution in [3.05, 3.63) is 47.5 Å². The minimum Gasteiger partial charge on any atom is -0.0620 e. The van der Waals surface area contributed by atoms with Crippen LogP contribution in [-0.2, 0) is 4.79 Å². The SMILES string of the molecule is C=C(C)C(=O)[O-].CCC[CH2][Sn+]([CH2]CCC)[CH2]CCC.Cc1ccccc1C. The number of carbonyl (C=O) groups is 1. The van der Waals surface area contributed by atoms with Gasteiger partial charge in [-0.1, -0.05) is 30.8 Å². The van der Waals surface area contributed by atoms with Crippen LogP contribution >= 0.6 is 0 Å². The van der Waals surface area contributed by atoms with Gasteiger partial charge in [-0.15, -0.1) is 0 Å². The topological polar surface area (TPSA) is 40.1 Å². The van der Waals surface area contributed by atoms with Gasteiger partial charge in [0, 0.05) is 0 Å². The second-order valence-electron chi connectivity index (χ2n) is 7.21. The van der Waals surface area contributed by atoms with Crippen LogP contribution in [0.1, 0.15) is 77.3 Å². The first-order valence-electron chi connectivity index (χ1n) is 10.5. The number of benzene rings is 1. The maximum Gasteiger partial charge on any atom is -0.0395 e. The van der Waals surface area contributed by atoms with Gasteiger partial charge in [-0.05, 0) is 37.5 Å². The van der Waals surface area contributed by atoms with Crippen molar-refractivity contribution in [2.24, 2.45) is 0 Å². The molecule has 0 aromatic heterocycles. The molecule has 0 heterocycles. The second-order valence-corrected chi connectivity index (χ2v) is 15.8. The van der Waals surface area contributed by atoms with Crippen LogP contribution in [0.4, 0.5) is 0 Å². The van der Waals surface area contributed by atoms with Gasteiger partial charge in [-0.2, -0.15) is 0 Å². The molecule has 27 heavy (non-hydrogen) atoms. The molecule has 0 aliphatic heterocycles. The Morgan fingerprint density at radius 1 is 0.889 bits per heavy atom. The first kappa shape index (κ1) is 28.4. The molecule has 0 aliphatic rings. The van der Waals surface area contributed by atoms with Crippen molar-refractivity contribution in [1.29, 1.82) is 0 Å². The van der Waals surface area contributed by atoms with E-state index in [1.165, 1.54) is 56.6 Å². The number of carboxylic acid groups (broad SMARTS) is 1. The normalized spacial score (nSPS) is 9.41. The Balaban J connectivity index is 0. The first-order chi connectivity index (χ1) is 12.8. The number of aryl methyl sites for hydroxylation is 2. The zero-order valence-electron chi connectivity index (χ0n) is 18.7. The molecule has 0 N–H and O–H groups in total. The molecule has 0 unspecified atom stereocenters. The van der Waals surface area contributed by atoms with E-state index in [2.05, 4.69) is 65.5 Å². The Labute approximate surface area is 176 Å². The van der Waals surface area contributed by atoms with Gasteiger partial charge < -0.3 is 9.90 Å². The van der Waals surface area contributed by atoms with Gasteiger partial charge in [0.05, 0.1) is 5.97 Å². The molecule has 0 saturated heterocycles. The van der Waals surface area contributed by atoms with E-state index in [0.29, 0.717) is 0 Å². The van der Waals surface area contributed by atoms with E-state index < -0.39 is 25.7 Å². The molecule has 0 atom stereocenters. The summed E-state index contributed by atoms with van der Waals surface area (Å²) in [6, 6.07) is 8.36. The van der Waals surface area contributed by atoms with Gasteiger partial charge in [0.1, 0.15) is 0 Å². The van der Waals surface area contributed by atoms with Gasteiger partial charge in [-0.25, -0.2) is 0 Å². The van der Waals surface area contributed by atoms with Gasteiger partial charge in [0.15, 0.2) is 0 Å². The van der Waals surface area contributed by atoms with Crippen LogP contribution in [0.2, 0.25) is 13.3 Å². The van der Waals surface area contributed by atoms with Crippen LogP contribution in [0, 0.1) is 13.8 Å². The molecular formula is C24H42O2Sn. The maximum absolute atomic E-state index is 9.49. The first-order valence-corrected chi connectivity index (χ1v) is 16.6. The average molecular weight is 481 g/mol. The average Bonchev–Trinajstić information content (AvgIpc) is 2.64. The van der Waals surface area contributed by atoms with Crippen molar-refractivity contribution >= 4 is 25.7 Å². The van der Waals surface area contributed by atoms with Gasteiger partial charge >= 0.3 is 92.4 Å². The molecule has 1 aromatic carbocycles. The standard InChI is InChI=1S/C8H10.C4H6O2.3C4H9.Sn/c1-7-5-3-4-6-8(7)2;1-3(2)4(5)6;3*1-3-4-2;/h3-6H,1-2H3;1H2,2H3,(H,5,6);3*1,3-4H2,2H3;/q;;;;;+1/p-1. The third kappa shape index (κ3) is 19.8. The van der Waals surface area contributed by atoms with E-state index in [9.17, 15) is 9.90 Å². The van der Waals surface area contributed by atoms with E-state index in [1.807, 2.05) is 0 Å². The van der Waals surface area contributed by atoms with Crippen molar-refractivity contribution in [1.82, 2.24) is 0 Å². The summed E-state index contributed by atoms with van der Waals surface area (Å²) in [4.78, 5) is 9.49. The molecule has 0 bridgehead atoms. The molecule has 0 spiro atoms. The van der Waals surface area contributed by atoms with Crippen molar-refractivity contribution in [2.45, 2.75) is 93.4 Å². The molecule has 2 nitrogen and oxygen atoms in total. The van der Waals surface area contributed by atoms with Crippen molar-refractivity contribution < 1.29 is 9.90 Å². The summed E-state index contributed by atoms with van der Waals surface area (Å²) in [6.07, 6.45) is 8.85. The summed E-state index contributed by atoms with van der Waals surface area (Å²) in [7, 11) is 0. The van der Waals surface area contributed by atoms with Crippen LogP contribution in [0.3, 0.4) is 0 Å². The summed E-state index contributed by atoms with van der Waals surface area (Å²) in [5.74, 6) is -1.19. The van der Waals surface area contributed by atoms with Crippen molar-refractivity contribution in [3.63, 3.8) is 0 Å². The molecule has 0 amide bonds. The Bertz CT molecular complexity index is 445. The third-order valence-electron chi connectivity index (χ3n) is 4.43. The molecule has 154 valence electrons. The van der Waals surface area contributed by atoms with Crippen molar-refractivity contribution in [2.75, 3.05) is 0 Å². The fourth-order valence-corrected chi connectivity index (χ4v) is 11.8. The van der Waals surface area contributed by atoms with Gasteiger partial charge in [-0.3, -0.25) is 0 Å². The number of carboxylic acids is 1. The smallest absolute Gasteiger partial charge is 0.0395 e. The van der Waals surface area contributed by atoms with Gasteiger partial charge in [0.25, 0.3) is 0 Å². The number of rotatable bonds is 10. The van der Waals surface area contributed by atoms with E-state index in [1.54, 1.807) is 13.3 Å². The summed E-state index contributed by atoms with van der Waals surface area (Å²) in [5.41, 5.74) is 2.80. The number of carbonyl (C=O) groups excluding carboxylic acids is 1. The third-order valence-corrected chi connectivity index (χ3v) is 13.5. The number of hydrogen-bond acceptors (Lipinski definition) is 2. The second kappa shape index (κ2) is 20.0. The Hall–Kier alpha value is -0.771. The summed E-state index contributed by atoms with van der Waals surface area (Å²) >= 11 is -0.839. The van der Waals surface area contributed by atoms with Crippen LogP contribution in [0.15, 0.2) is 36.4 Å². The molecule has 0 aliphatic carbocycles. The quantitative estimate of drug-likeness (QED) is 0.283. The van der Waals surface area contributed by atoms with Gasteiger partial charge in [0.2, 0.25) is 0 Å². The summed E-state index contributed by atoms with van der Waals surface area (Å²) < 4.78 is 5.04. The van der Waals surface area contributed by atoms with Crippen LogP contribution in [0.25, 0.3) is 0 Å². The number of aliphatic carboxylic acids is 1. The molecule has 1 rings (SSSR count). The molecule has 0 radical (unpaired) electrons. The zero-order chi connectivity index (χ0) is 21.1. The molecule has 0 saturated carbocycles. The number of unbranched alkanes of at least 4 members (excludes halogenated alkanes) is 3. The summed E-state index contributed by atoms with van der Waals surface area (Å²) in [5, 5.41) is 9.49.